The van der Waals surface area contributed by atoms with Gasteiger partial charge in [0.05, 0.1) is 0 Å². The van der Waals surface area contributed by atoms with Crippen LogP contribution in [-0.4, -0.2) is 29.8 Å². The summed E-state index contributed by atoms with van der Waals surface area (Å²) in [5.74, 6) is 1.25. The van der Waals surface area contributed by atoms with E-state index >= 15 is 0 Å². The number of rotatable bonds is 4. The van der Waals surface area contributed by atoms with Crippen molar-refractivity contribution in [1.29, 1.82) is 0 Å². The number of ketones is 1. The predicted molar refractivity (Wildman–Crippen MR) is 59.3 cm³/mol. The van der Waals surface area contributed by atoms with Gasteiger partial charge in [-0.15, -0.1) is 0 Å². The first-order valence-electron chi connectivity index (χ1n) is 5.89. The molecule has 1 fully saturated rings. The van der Waals surface area contributed by atoms with Crippen molar-refractivity contribution < 1.29 is 4.79 Å². The molecule has 14 heavy (non-hydrogen) atoms. The molecule has 0 N–H and O–H groups in total. The van der Waals surface area contributed by atoms with Crippen molar-refractivity contribution in [1.82, 2.24) is 4.90 Å². The van der Waals surface area contributed by atoms with E-state index in [4.69, 9.17) is 0 Å². The van der Waals surface area contributed by atoms with Crippen LogP contribution in [0.4, 0.5) is 0 Å². The molecule has 2 atom stereocenters. The molecule has 0 aromatic heterocycles. The maximum atomic E-state index is 11.1. The van der Waals surface area contributed by atoms with Crippen LogP contribution in [0.5, 0.6) is 0 Å². The molecule has 0 saturated carbocycles. The summed E-state index contributed by atoms with van der Waals surface area (Å²) in [7, 11) is 0. The highest BCUT2D eigenvalue weighted by Gasteiger charge is 2.21. The standard InChI is InChI=1S/C12H23NO/c1-4-10(2)9-11(3)13-7-5-12(14)6-8-13/h10-11H,4-9H2,1-3H3. The summed E-state index contributed by atoms with van der Waals surface area (Å²) < 4.78 is 0. The van der Waals surface area contributed by atoms with E-state index in [1.165, 1.54) is 12.8 Å². The fourth-order valence-corrected chi connectivity index (χ4v) is 2.11. The molecule has 2 unspecified atom stereocenters. The number of likely N-dealkylation sites (tertiary alicyclic amines) is 1. The SMILES string of the molecule is CCC(C)CC(C)N1CCC(=O)CC1. The van der Waals surface area contributed by atoms with E-state index in [0.29, 0.717) is 11.8 Å². The zero-order valence-electron chi connectivity index (χ0n) is 9.75. The lowest BCUT2D eigenvalue weighted by Gasteiger charge is -2.33. The fraction of sp³-hybridized carbons (Fsp3) is 0.917. The molecule has 1 aliphatic heterocycles. The number of hydrogen-bond acceptors (Lipinski definition) is 2. The van der Waals surface area contributed by atoms with Gasteiger partial charge >= 0.3 is 0 Å². The Kier molecular flexibility index (Phi) is 4.59. The fourth-order valence-electron chi connectivity index (χ4n) is 2.11. The minimum atomic E-state index is 0.442. The van der Waals surface area contributed by atoms with Crippen LogP contribution in [0.1, 0.15) is 46.5 Å². The molecule has 0 amide bonds. The molecule has 1 heterocycles. The van der Waals surface area contributed by atoms with E-state index in [1.54, 1.807) is 0 Å². The number of piperidine rings is 1. The molecule has 1 rings (SSSR count). The second kappa shape index (κ2) is 5.50. The van der Waals surface area contributed by atoms with Crippen LogP contribution in [0.25, 0.3) is 0 Å². The molecule has 2 nitrogen and oxygen atoms in total. The van der Waals surface area contributed by atoms with Crippen molar-refractivity contribution in [3.8, 4) is 0 Å². The molecule has 0 aromatic rings. The zero-order chi connectivity index (χ0) is 10.6. The lowest BCUT2D eigenvalue weighted by Crippen LogP contribution is -2.40. The predicted octanol–water partition coefficient (Wildman–Crippen LogP) is 2.48. The third-order valence-corrected chi connectivity index (χ3v) is 3.42. The molecule has 1 aliphatic rings. The highest BCUT2D eigenvalue weighted by molar-refractivity contribution is 5.79. The first-order valence-corrected chi connectivity index (χ1v) is 5.89. The summed E-state index contributed by atoms with van der Waals surface area (Å²) >= 11 is 0. The number of carbonyl (C=O) groups is 1. The van der Waals surface area contributed by atoms with Crippen LogP contribution < -0.4 is 0 Å². The Balaban J connectivity index is 2.30. The van der Waals surface area contributed by atoms with E-state index in [2.05, 4.69) is 25.7 Å². The largest absolute Gasteiger partial charge is 0.300 e. The minimum absolute atomic E-state index is 0.442. The lowest BCUT2D eigenvalue weighted by molar-refractivity contribution is -0.121. The summed E-state index contributed by atoms with van der Waals surface area (Å²) in [6.45, 7) is 8.82. The highest BCUT2D eigenvalue weighted by Crippen LogP contribution is 2.17. The molecular formula is C12H23NO. The van der Waals surface area contributed by atoms with Gasteiger partial charge in [0.15, 0.2) is 0 Å². The Bertz CT molecular complexity index is 181. The Morgan fingerprint density at radius 1 is 1.29 bits per heavy atom. The van der Waals surface area contributed by atoms with Gasteiger partial charge in [-0.2, -0.15) is 0 Å². The third-order valence-electron chi connectivity index (χ3n) is 3.42. The van der Waals surface area contributed by atoms with Crippen molar-refractivity contribution in [2.24, 2.45) is 5.92 Å². The molecule has 1 saturated heterocycles. The van der Waals surface area contributed by atoms with Crippen molar-refractivity contribution in [2.75, 3.05) is 13.1 Å². The monoisotopic (exact) mass is 197 g/mol. The van der Waals surface area contributed by atoms with Gasteiger partial charge in [-0.1, -0.05) is 20.3 Å². The smallest absolute Gasteiger partial charge is 0.135 e. The summed E-state index contributed by atoms with van der Waals surface area (Å²) in [5.41, 5.74) is 0. The Morgan fingerprint density at radius 2 is 1.86 bits per heavy atom. The number of hydrogen-bond donors (Lipinski definition) is 0. The van der Waals surface area contributed by atoms with Gasteiger partial charge in [0, 0.05) is 32.0 Å². The van der Waals surface area contributed by atoms with Crippen molar-refractivity contribution >= 4 is 5.78 Å². The van der Waals surface area contributed by atoms with Crippen LogP contribution in [0.2, 0.25) is 0 Å². The van der Waals surface area contributed by atoms with Crippen LogP contribution in [0.3, 0.4) is 0 Å². The maximum Gasteiger partial charge on any atom is 0.135 e. The third kappa shape index (κ3) is 3.41. The number of Topliss-reactive ketones (excluding diaryl/α,β-unsaturated/α-hetero) is 1. The molecule has 0 aliphatic carbocycles. The summed E-state index contributed by atoms with van der Waals surface area (Å²) in [5, 5.41) is 0. The summed E-state index contributed by atoms with van der Waals surface area (Å²) in [4.78, 5) is 13.5. The second-order valence-electron chi connectivity index (χ2n) is 4.67. The quantitative estimate of drug-likeness (QED) is 0.690. The van der Waals surface area contributed by atoms with Gasteiger partial charge in [0.2, 0.25) is 0 Å². The molecule has 0 aromatic carbocycles. The Morgan fingerprint density at radius 3 is 2.36 bits per heavy atom. The molecule has 0 spiro atoms. The normalized spacial score (nSPS) is 23.5. The van der Waals surface area contributed by atoms with Crippen LogP contribution in [0, 0.1) is 5.92 Å². The van der Waals surface area contributed by atoms with E-state index in [9.17, 15) is 4.79 Å². The van der Waals surface area contributed by atoms with E-state index in [1.807, 2.05) is 0 Å². The van der Waals surface area contributed by atoms with Crippen LogP contribution >= 0.6 is 0 Å². The molecule has 0 bridgehead atoms. The van der Waals surface area contributed by atoms with Gasteiger partial charge < -0.3 is 0 Å². The van der Waals surface area contributed by atoms with Gasteiger partial charge in [-0.3, -0.25) is 9.69 Å². The van der Waals surface area contributed by atoms with Gasteiger partial charge in [-0.25, -0.2) is 0 Å². The van der Waals surface area contributed by atoms with E-state index in [-0.39, 0.29) is 0 Å². The Hall–Kier alpha value is -0.370. The first-order chi connectivity index (χ1) is 6.63. The summed E-state index contributed by atoms with van der Waals surface area (Å²) in [6, 6.07) is 0.651. The van der Waals surface area contributed by atoms with Gasteiger partial charge in [0.25, 0.3) is 0 Å². The lowest BCUT2D eigenvalue weighted by atomic mass is 9.97. The van der Waals surface area contributed by atoms with Gasteiger partial charge in [0.1, 0.15) is 5.78 Å². The number of carbonyl (C=O) groups excluding carboxylic acids is 1. The topological polar surface area (TPSA) is 20.3 Å². The molecule has 0 radical (unpaired) electrons. The van der Waals surface area contributed by atoms with Gasteiger partial charge in [-0.05, 0) is 19.3 Å². The molecule has 2 heteroatoms. The van der Waals surface area contributed by atoms with E-state index in [0.717, 1.165) is 31.8 Å². The van der Waals surface area contributed by atoms with Crippen molar-refractivity contribution in [3.05, 3.63) is 0 Å². The average molecular weight is 197 g/mol. The van der Waals surface area contributed by atoms with Crippen LogP contribution in [-0.2, 0) is 4.79 Å². The number of nitrogens with zero attached hydrogens (tertiary/aromatic N) is 1. The second-order valence-corrected chi connectivity index (χ2v) is 4.67. The van der Waals surface area contributed by atoms with Crippen LogP contribution in [0.15, 0.2) is 0 Å². The highest BCUT2D eigenvalue weighted by atomic mass is 16.1. The Labute approximate surface area is 87.7 Å². The van der Waals surface area contributed by atoms with E-state index < -0.39 is 0 Å². The van der Waals surface area contributed by atoms with Crippen molar-refractivity contribution in [3.63, 3.8) is 0 Å². The minimum Gasteiger partial charge on any atom is -0.300 e. The first kappa shape index (κ1) is 11.7. The summed E-state index contributed by atoms with van der Waals surface area (Å²) in [6.07, 6.45) is 4.07. The molecule has 82 valence electrons. The maximum absolute atomic E-state index is 11.1. The van der Waals surface area contributed by atoms with Crippen molar-refractivity contribution in [2.45, 2.75) is 52.5 Å². The molecular weight excluding hydrogens is 174 g/mol. The average Bonchev–Trinajstić information content (AvgIpc) is 2.18. The zero-order valence-corrected chi connectivity index (χ0v) is 9.75.